The Bertz CT molecular complexity index is 811. The van der Waals surface area contributed by atoms with Crippen molar-refractivity contribution in [3.63, 3.8) is 0 Å². The normalized spacial score (nSPS) is 17.1. The molecule has 1 saturated carbocycles. The number of carbonyl (C=O) groups excluding carboxylic acids is 2. The number of nitrogens with zero attached hydrogens (tertiary/aromatic N) is 3. The van der Waals surface area contributed by atoms with Crippen LogP contribution in [0.2, 0.25) is 0 Å². The van der Waals surface area contributed by atoms with Crippen LogP contribution in [0.3, 0.4) is 0 Å². The molecule has 1 N–H and O–H groups in total. The van der Waals surface area contributed by atoms with Gasteiger partial charge in [-0.25, -0.2) is 4.68 Å². The molecule has 1 fully saturated rings. The molecule has 26 heavy (non-hydrogen) atoms. The van der Waals surface area contributed by atoms with Crippen LogP contribution in [-0.4, -0.2) is 34.7 Å². The average Bonchev–Trinajstić information content (AvgIpc) is 3.32. The molecule has 0 radical (unpaired) electrons. The molecule has 1 aliphatic heterocycles. The van der Waals surface area contributed by atoms with Crippen LogP contribution in [0.4, 0.5) is 11.5 Å². The molecule has 0 unspecified atom stereocenters. The van der Waals surface area contributed by atoms with E-state index >= 15 is 0 Å². The minimum atomic E-state index is -0.132. The van der Waals surface area contributed by atoms with Crippen molar-refractivity contribution in [3.8, 4) is 5.75 Å². The second kappa shape index (κ2) is 7.19. The third-order valence-electron chi connectivity index (χ3n) is 4.98. The molecule has 136 valence electrons. The van der Waals surface area contributed by atoms with Crippen LogP contribution in [0.1, 0.15) is 38.1 Å². The van der Waals surface area contributed by atoms with Crippen molar-refractivity contribution < 1.29 is 14.3 Å². The molecule has 2 aromatic rings. The maximum atomic E-state index is 12.4. The summed E-state index contributed by atoms with van der Waals surface area (Å²) in [6.45, 7) is 0.329. The minimum Gasteiger partial charge on any atom is -0.482 e. The maximum absolute atomic E-state index is 12.4. The van der Waals surface area contributed by atoms with E-state index in [-0.39, 0.29) is 24.8 Å². The SMILES string of the molecule is O=C(CCN1C(=O)COc2ccccc21)Nc1ccnn1C1CCCC1. The third kappa shape index (κ3) is 3.29. The molecule has 0 bridgehead atoms. The van der Waals surface area contributed by atoms with Gasteiger partial charge in [0.25, 0.3) is 5.91 Å². The minimum absolute atomic E-state index is 0.00703. The smallest absolute Gasteiger partial charge is 0.265 e. The highest BCUT2D eigenvalue weighted by Crippen LogP contribution is 2.32. The molecule has 4 rings (SSSR count). The summed E-state index contributed by atoms with van der Waals surface area (Å²) in [5.41, 5.74) is 0.715. The molecule has 7 heteroatoms. The maximum Gasteiger partial charge on any atom is 0.265 e. The molecule has 1 aromatic heterocycles. The third-order valence-corrected chi connectivity index (χ3v) is 4.98. The van der Waals surface area contributed by atoms with Crippen LogP contribution < -0.4 is 15.0 Å². The highest BCUT2D eigenvalue weighted by atomic mass is 16.5. The highest BCUT2D eigenvalue weighted by Gasteiger charge is 2.26. The van der Waals surface area contributed by atoms with Crippen molar-refractivity contribution in [1.82, 2.24) is 9.78 Å². The van der Waals surface area contributed by atoms with E-state index in [9.17, 15) is 9.59 Å². The van der Waals surface area contributed by atoms with Gasteiger partial charge in [0.1, 0.15) is 11.6 Å². The van der Waals surface area contributed by atoms with Gasteiger partial charge >= 0.3 is 0 Å². The van der Waals surface area contributed by atoms with E-state index in [0.717, 1.165) is 18.7 Å². The molecule has 0 atom stereocenters. The fourth-order valence-electron chi connectivity index (χ4n) is 3.67. The average molecular weight is 354 g/mol. The summed E-state index contributed by atoms with van der Waals surface area (Å²) in [5.74, 6) is 1.15. The zero-order valence-electron chi connectivity index (χ0n) is 14.6. The van der Waals surface area contributed by atoms with Crippen LogP contribution in [0.5, 0.6) is 5.75 Å². The number of amides is 2. The van der Waals surface area contributed by atoms with E-state index in [4.69, 9.17) is 4.74 Å². The Kier molecular flexibility index (Phi) is 4.60. The molecule has 2 amide bonds. The molecule has 7 nitrogen and oxygen atoms in total. The second-order valence-corrected chi connectivity index (χ2v) is 6.70. The molecule has 0 saturated heterocycles. The summed E-state index contributed by atoms with van der Waals surface area (Å²) in [5, 5.41) is 7.30. The lowest BCUT2D eigenvalue weighted by Crippen LogP contribution is -2.40. The number of anilines is 2. The topological polar surface area (TPSA) is 76.5 Å². The van der Waals surface area contributed by atoms with Crippen molar-refractivity contribution in [1.29, 1.82) is 0 Å². The lowest BCUT2D eigenvalue weighted by Gasteiger charge is -2.29. The first-order valence-electron chi connectivity index (χ1n) is 9.08. The van der Waals surface area contributed by atoms with Gasteiger partial charge in [0.2, 0.25) is 5.91 Å². The number of hydrogen-bond donors (Lipinski definition) is 1. The van der Waals surface area contributed by atoms with Gasteiger partial charge in [-0.2, -0.15) is 5.10 Å². The van der Waals surface area contributed by atoms with Gasteiger partial charge in [-0.05, 0) is 25.0 Å². The number of ether oxygens (including phenoxy) is 1. The van der Waals surface area contributed by atoms with Crippen LogP contribution >= 0.6 is 0 Å². The fraction of sp³-hybridized carbons (Fsp3) is 0.421. The van der Waals surface area contributed by atoms with Gasteiger partial charge in [0.05, 0.1) is 17.9 Å². The number of aromatic nitrogens is 2. The summed E-state index contributed by atoms with van der Waals surface area (Å²) >= 11 is 0. The molecule has 1 aliphatic carbocycles. The highest BCUT2D eigenvalue weighted by molar-refractivity contribution is 5.99. The number of carbonyl (C=O) groups is 2. The Balaban J connectivity index is 1.39. The van der Waals surface area contributed by atoms with E-state index in [0.29, 0.717) is 24.0 Å². The number of nitrogens with one attached hydrogen (secondary N) is 1. The summed E-state index contributed by atoms with van der Waals surface area (Å²) in [4.78, 5) is 26.2. The Morgan fingerprint density at radius 3 is 2.88 bits per heavy atom. The predicted molar refractivity (Wildman–Crippen MR) is 97.3 cm³/mol. The van der Waals surface area contributed by atoms with Gasteiger partial charge in [-0.3, -0.25) is 9.59 Å². The van der Waals surface area contributed by atoms with Crippen LogP contribution in [0.15, 0.2) is 36.5 Å². The van der Waals surface area contributed by atoms with Crippen molar-refractivity contribution in [3.05, 3.63) is 36.5 Å². The molecule has 1 aromatic carbocycles. The monoisotopic (exact) mass is 354 g/mol. The zero-order chi connectivity index (χ0) is 17.9. The Morgan fingerprint density at radius 2 is 2.04 bits per heavy atom. The fourth-order valence-corrected chi connectivity index (χ4v) is 3.67. The van der Waals surface area contributed by atoms with E-state index in [1.165, 1.54) is 12.8 Å². The van der Waals surface area contributed by atoms with Crippen molar-refractivity contribution >= 4 is 23.3 Å². The van der Waals surface area contributed by atoms with Crippen LogP contribution in [0.25, 0.3) is 0 Å². The van der Waals surface area contributed by atoms with E-state index in [1.54, 1.807) is 11.1 Å². The first-order chi connectivity index (χ1) is 12.7. The van der Waals surface area contributed by atoms with E-state index < -0.39 is 0 Å². The number of hydrogen-bond acceptors (Lipinski definition) is 4. The molecule has 0 spiro atoms. The Labute approximate surface area is 151 Å². The molecule has 2 aliphatic rings. The van der Waals surface area contributed by atoms with Gasteiger partial charge < -0.3 is 15.0 Å². The van der Waals surface area contributed by atoms with Gasteiger partial charge in [0, 0.05) is 19.0 Å². The number of rotatable bonds is 5. The summed E-state index contributed by atoms with van der Waals surface area (Å²) in [6.07, 6.45) is 6.55. The first-order valence-corrected chi connectivity index (χ1v) is 9.08. The van der Waals surface area contributed by atoms with Gasteiger partial charge in [-0.1, -0.05) is 25.0 Å². The molecule has 2 heterocycles. The number of fused-ring (bicyclic) bond motifs is 1. The Morgan fingerprint density at radius 1 is 1.23 bits per heavy atom. The largest absolute Gasteiger partial charge is 0.482 e. The lowest BCUT2D eigenvalue weighted by molar-refractivity contribution is -0.121. The summed E-state index contributed by atoms with van der Waals surface area (Å²) < 4.78 is 7.34. The van der Waals surface area contributed by atoms with Crippen molar-refractivity contribution in [2.75, 3.05) is 23.4 Å². The summed E-state index contributed by atoms with van der Waals surface area (Å²) in [7, 11) is 0. The van der Waals surface area contributed by atoms with Crippen molar-refractivity contribution in [2.45, 2.75) is 38.1 Å². The number of para-hydroxylation sites is 2. The quantitative estimate of drug-likeness (QED) is 0.896. The van der Waals surface area contributed by atoms with Gasteiger partial charge in [0.15, 0.2) is 6.61 Å². The summed E-state index contributed by atoms with van der Waals surface area (Å²) in [6, 6.07) is 9.57. The molecular weight excluding hydrogens is 332 g/mol. The van der Waals surface area contributed by atoms with E-state index in [1.807, 2.05) is 35.0 Å². The zero-order valence-corrected chi connectivity index (χ0v) is 14.6. The van der Waals surface area contributed by atoms with Crippen molar-refractivity contribution in [2.24, 2.45) is 0 Å². The number of benzene rings is 1. The van der Waals surface area contributed by atoms with Gasteiger partial charge in [-0.15, -0.1) is 0 Å². The first kappa shape index (κ1) is 16.6. The standard InChI is InChI=1S/C19H22N4O3/c24-18(21-17-9-11-20-23(17)14-5-1-2-6-14)10-12-22-15-7-3-4-8-16(15)26-13-19(22)25/h3-4,7-9,11,14H,1-2,5-6,10,12-13H2,(H,21,24). The van der Waals surface area contributed by atoms with E-state index in [2.05, 4.69) is 10.4 Å². The van der Waals surface area contributed by atoms with Crippen LogP contribution in [0, 0.1) is 0 Å². The predicted octanol–water partition coefficient (Wildman–Crippen LogP) is 2.75. The lowest BCUT2D eigenvalue weighted by atomic mass is 10.2. The Hall–Kier alpha value is -2.83. The molecular formula is C19H22N4O3. The van der Waals surface area contributed by atoms with Crippen LogP contribution in [-0.2, 0) is 9.59 Å². The second-order valence-electron chi connectivity index (χ2n) is 6.70.